The number of hydrogen-bond acceptors (Lipinski definition) is 5. The average Bonchev–Trinajstić information content (AvgIpc) is 3.15. The number of benzene rings is 2. The van der Waals surface area contributed by atoms with Gasteiger partial charge >= 0.3 is 0 Å². The van der Waals surface area contributed by atoms with E-state index in [0.29, 0.717) is 35.3 Å². The largest absolute Gasteiger partial charge is 0.487 e. The Hall–Kier alpha value is -3.12. The molecule has 1 aliphatic rings. The second kappa shape index (κ2) is 8.49. The van der Waals surface area contributed by atoms with Crippen molar-refractivity contribution in [2.45, 2.75) is 25.6 Å². The van der Waals surface area contributed by atoms with Crippen LogP contribution in [0, 0.1) is 0 Å². The predicted octanol–water partition coefficient (Wildman–Crippen LogP) is 3.68. The van der Waals surface area contributed by atoms with E-state index in [0.717, 1.165) is 11.1 Å². The van der Waals surface area contributed by atoms with Crippen molar-refractivity contribution >= 4 is 17.5 Å². The number of carbonyl (C=O) groups is 1. The van der Waals surface area contributed by atoms with Crippen LogP contribution in [0.4, 0.5) is 0 Å². The molecule has 0 fully saturated rings. The number of rotatable bonds is 6. The summed E-state index contributed by atoms with van der Waals surface area (Å²) >= 11 is 6.27. The van der Waals surface area contributed by atoms with Gasteiger partial charge in [-0.25, -0.2) is 9.97 Å². The molecule has 1 aromatic heterocycles. The van der Waals surface area contributed by atoms with E-state index in [9.17, 15) is 4.79 Å². The molecule has 1 aliphatic heterocycles. The van der Waals surface area contributed by atoms with Crippen LogP contribution in [0.2, 0.25) is 5.02 Å². The quantitative estimate of drug-likeness (QED) is 0.672. The minimum absolute atomic E-state index is 0.196. The van der Waals surface area contributed by atoms with Crippen LogP contribution in [0.15, 0.2) is 60.9 Å². The van der Waals surface area contributed by atoms with Gasteiger partial charge in [0.25, 0.3) is 5.91 Å². The van der Waals surface area contributed by atoms with Crippen molar-refractivity contribution in [3.63, 3.8) is 0 Å². The molecular formula is C22H20ClN3O3. The molecule has 1 amide bonds. The molecular weight excluding hydrogens is 390 g/mol. The van der Waals surface area contributed by atoms with Crippen molar-refractivity contribution in [3.8, 4) is 22.9 Å². The number of amides is 1. The fraction of sp³-hybridized carbons (Fsp3) is 0.227. The Balaban J connectivity index is 1.39. The summed E-state index contributed by atoms with van der Waals surface area (Å²) < 4.78 is 11.8. The molecule has 0 radical (unpaired) electrons. The summed E-state index contributed by atoms with van der Waals surface area (Å²) in [7, 11) is 0. The first-order chi connectivity index (χ1) is 14.1. The summed E-state index contributed by atoms with van der Waals surface area (Å²) in [5, 5.41) is 3.50. The standard InChI is InChI=1S/C22H20ClN3O3/c1-14(28-17-6-3-2-4-7-17)22(27)26-13-18-11-15-10-16(23)12-19(20(15)29-18)21-24-8-5-9-25-21/h2-10,12,14,18H,11,13H2,1H3,(H,26,27)/t14-,18+/m0/s1. The van der Waals surface area contributed by atoms with E-state index in [-0.39, 0.29) is 12.0 Å². The van der Waals surface area contributed by atoms with Crippen molar-refractivity contribution < 1.29 is 14.3 Å². The van der Waals surface area contributed by atoms with Crippen LogP contribution in [0.1, 0.15) is 12.5 Å². The lowest BCUT2D eigenvalue weighted by atomic mass is 10.1. The molecule has 2 aromatic carbocycles. The molecule has 3 aromatic rings. The molecule has 6 nitrogen and oxygen atoms in total. The monoisotopic (exact) mass is 409 g/mol. The smallest absolute Gasteiger partial charge is 0.260 e. The molecule has 1 N–H and O–H groups in total. The zero-order valence-electron chi connectivity index (χ0n) is 15.8. The van der Waals surface area contributed by atoms with Crippen LogP contribution < -0.4 is 14.8 Å². The van der Waals surface area contributed by atoms with Gasteiger partial charge < -0.3 is 14.8 Å². The third-order valence-electron chi connectivity index (χ3n) is 4.60. The molecule has 2 heterocycles. The summed E-state index contributed by atoms with van der Waals surface area (Å²) in [6.07, 6.45) is 3.19. The lowest BCUT2D eigenvalue weighted by Crippen LogP contribution is -2.41. The lowest BCUT2D eigenvalue weighted by molar-refractivity contribution is -0.127. The van der Waals surface area contributed by atoms with Gasteiger partial charge in [0, 0.05) is 29.4 Å². The highest BCUT2D eigenvalue weighted by molar-refractivity contribution is 6.31. The highest BCUT2D eigenvalue weighted by Crippen LogP contribution is 2.39. The predicted molar refractivity (Wildman–Crippen MR) is 110 cm³/mol. The van der Waals surface area contributed by atoms with Crippen LogP contribution in [0.25, 0.3) is 11.4 Å². The Kier molecular flexibility index (Phi) is 5.62. The third kappa shape index (κ3) is 4.49. The van der Waals surface area contributed by atoms with Gasteiger partial charge in [-0.05, 0) is 37.3 Å². The van der Waals surface area contributed by atoms with Crippen molar-refractivity contribution in [3.05, 3.63) is 71.5 Å². The molecule has 7 heteroatoms. The zero-order valence-corrected chi connectivity index (χ0v) is 16.6. The molecule has 0 saturated heterocycles. The molecule has 0 saturated carbocycles. The second-order valence-electron chi connectivity index (χ2n) is 6.78. The maximum Gasteiger partial charge on any atom is 0.260 e. The Morgan fingerprint density at radius 2 is 2.00 bits per heavy atom. The molecule has 148 valence electrons. The summed E-state index contributed by atoms with van der Waals surface area (Å²) in [6, 6.07) is 14.7. The molecule has 0 unspecified atom stereocenters. The van der Waals surface area contributed by atoms with Crippen molar-refractivity contribution in [2.24, 2.45) is 0 Å². The van der Waals surface area contributed by atoms with E-state index in [4.69, 9.17) is 21.1 Å². The van der Waals surface area contributed by atoms with Gasteiger partial charge in [0.1, 0.15) is 17.6 Å². The number of fused-ring (bicyclic) bond motifs is 1. The van der Waals surface area contributed by atoms with Gasteiger partial charge in [-0.3, -0.25) is 4.79 Å². The van der Waals surface area contributed by atoms with E-state index in [2.05, 4.69) is 15.3 Å². The van der Waals surface area contributed by atoms with Crippen molar-refractivity contribution in [2.75, 3.05) is 6.54 Å². The van der Waals surface area contributed by atoms with Crippen molar-refractivity contribution in [1.29, 1.82) is 0 Å². The van der Waals surface area contributed by atoms with E-state index < -0.39 is 6.10 Å². The van der Waals surface area contributed by atoms with Gasteiger partial charge in [-0.1, -0.05) is 29.8 Å². The minimum atomic E-state index is -0.607. The fourth-order valence-electron chi connectivity index (χ4n) is 3.23. The highest BCUT2D eigenvalue weighted by atomic mass is 35.5. The number of ether oxygens (including phenoxy) is 2. The summed E-state index contributed by atoms with van der Waals surface area (Å²) in [5.41, 5.74) is 1.73. The molecule has 0 bridgehead atoms. The average molecular weight is 410 g/mol. The zero-order chi connectivity index (χ0) is 20.2. The number of aromatic nitrogens is 2. The van der Waals surface area contributed by atoms with Crippen molar-refractivity contribution in [1.82, 2.24) is 15.3 Å². The maximum atomic E-state index is 12.4. The summed E-state index contributed by atoms with van der Waals surface area (Å²) in [6.45, 7) is 2.08. The number of nitrogens with one attached hydrogen (secondary N) is 1. The van der Waals surface area contributed by atoms with Gasteiger partial charge in [0.2, 0.25) is 0 Å². The second-order valence-corrected chi connectivity index (χ2v) is 7.21. The highest BCUT2D eigenvalue weighted by Gasteiger charge is 2.28. The van der Waals surface area contributed by atoms with Crippen LogP contribution in [0.5, 0.6) is 11.5 Å². The van der Waals surface area contributed by atoms with Crippen LogP contribution >= 0.6 is 11.6 Å². The van der Waals surface area contributed by atoms with E-state index in [1.165, 1.54) is 0 Å². The van der Waals surface area contributed by atoms with E-state index in [1.807, 2.05) is 36.4 Å². The number of hydrogen-bond donors (Lipinski definition) is 1. The minimum Gasteiger partial charge on any atom is -0.487 e. The maximum absolute atomic E-state index is 12.4. The van der Waals surface area contributed by atoms with E-state index >= 15 is 0 Å². The molecule has 0 spiro atoms. The summed E-state index contributed by atoms with van der Waals surface area (Å²) in [4.78, 5) is 21.0. The first-order valence-electron chi connectivity index (χ1n) is 9.36. The van der Waals surface area contributed by atoms with Gasteiger partial charge in [-0.2, -0.15) is 0 Å². The Bertz CT molecular complexity index is 999. The SMILES string of the molecule is C[C@H](Oc1ccccc1)C(=O)NC[C@H]1Cc2cc(Cl)cc(-c3ncccn3)c2O1. The Labute approximate surface area is 173 Å². The molecule has 29 heavy (non-hydrogen) atoms. The molecule has 2 atom stereocenters. The van der Waals surface area contributed by atoms with Crippen LogP contribution in [-0.2, 0) is 11.2 Å². The topological polar surface area (TPSA) is 73.3 Å². The van der Waals surface area contributed by atoms with Crippen LogP contribution in [-0.4, -0.2) is 34.6 Å². The summed E-state index contributed by atoms with van der Waals surface area (Å²) in [5.74, 6) is 1.73. The third-order valence-corrected chi connectivity index (χ3v) is 4.82. The van der Waals surface area contributed by atoms with E-state index in [1.54, 1.807) is 31.5 Å². The molecule has 0 aliphatic carbocycles. The Morgan fingerprint density at radius 1 is 1.24 bits per heavy atom. The lowest BCUT2D eigenvalue weighted by Gasteiger charge is -2.17. The number of nitrogens with zero attached hydrogens (tertiary/aromatic N) is 2. The normalized spacial score (nSPS) is 15.9. The number of halogens is 1. The van der Waals surface area contributed by atoms with Gasteiger partial charge in [0.05, 0.1) is 12.1 Å². The van der Waals surface area contributed by atoms with Crippen LogP contribution in [0.3, 0.4) is 0 Å². The first kappa shape index (κ1) is 19.2. The van der Waals surface area contributed by atoms with Gasteiger partial charge in [0.15, 0.2) is 11.9 Å². The number of carbonyl (C=O) groups excluding carboxylic acids is 1. The Morgan fingerprint density at radius 3 is 2.76 bits per heavy atom. The van der Waals surface area contributed by atoms with Gasteiger partial charge in [-0.15, -0.1) is 0 Å². The molecule has 4 rings (SSSR count). The fourth-order valence-corrected chi connectivity index (χ4v) is 3.47. The number of para-hydroxylation sites is 1. The first-order valence-corrected chi connectivity index (χ1v) is 9.74.